The number of nitrogens with zero attached hydrogens (tertiary/aromatic N) is 3. The Morgan fingerprint density at radius 2 is 1.83 bits per heavy atom. The van der Waals surface area contributed by atoms with Gasteiger partial charge >= 0.3 is 12.1 Å². The van der Waals surface area contributed by atoms with Gasteiger partial charge in [-0.3, -0.25) is 4.90 Å². The van der Waals surface area contributed by atoms with E-state index >= 15 is 0 Å². The van der Waals surface area contributed by atoms with Crippen molar-refractivity contribution in [1.82, 2.24) is 14.7 Å². The maximum absolute atomic E-state index is 13.2. The number of amides is 1. The van der Waals surface area contributed by atoms with Gasteiger partial charge in [-0.15, -0.1) is 0 Å². The van der Waals surface area contributed by atoms with Gasteiger partial charge in [0.2, 0.25) is 0 Å². The number of rotatable bonds is 4. The van der Waals surface area contributed by atoms with E-state index in [2.05, 4.69) is 5.10 Å². The fourth-order valence-electron chi connectivity index (χ4n) is 3.31. The molecule has 3 rings (SSSR count). The SMILES string of the molecule is COC(=O)[C@@H]1C[C@@H](S(=O)(=O)c2ccc(-n3cccn3)cc2)CN1C(=O)OC(C)(C)C. The van der Waals surface area contributed by atoms with Crippen molar-refractivity contribution in [2.75, 3.05) is 13.7 Å². The molecule has 0 unspecified atom stereocenters. The Hall–Kier alpha value is -2.88. The lowest BCUT2D eigenvalue weighted by Crippen LogP contribution is -2.44. The lowest BCUT2D eigenvalue weighted by atomic mass is 10.2. The van der Waals surface area contributed by atoms with Crippen molar-refractivity contribution in [2.24, 2.45) is 0 Å². The molecule has 0 radical (unpaired) electrons. The Kier molecular flexibility index (Phi) is 5.89. The molecule has 30 heavy (non-hydrogen) atoms. The maximum atomic E-state index is 13.2. The Morgan fingerprint density at radius 1 is 1.17 bits per heavy atom. The number of likely N-dealkylation sites (tertiary alicyclic amines) is 1. The summed E-state index contributed by atoms with van der Waals surface area (Å²) in [6, 6.07) is 7.04. The first kappa shape index (κ1) is 21.8. The third-order valence-corrected chi connectivity index (χ3v) is 6.89. The molecule has 1 fully saturated rings. The highest BCUT2D eigenvalue weighted by atomic mass is 32.2. The number of methoxy groups -OCH3 is 1. The van der Waals surface area contributed by atoms with Gasteiger partial charge in [0.1, 0.15) is 11.6 Å². The number of hydrogen-bond acceptors (Lipinski definition) is 7. The molecule has 0 saturated carbocycles. The molecule has 2 atom stereocenters. The van der Waals surface area contributed by atoms with Gasteiger partial charge in [0.25, 0.3) is 0 Å². The summed E-state index contributed by atoms with van der Waals surface area (Å²) in [5.74, 6) is -0.674. The summed E-state index contributed by atoms with van der Waals surface area (Å²) in [6.07, 6.45) is 2.57. The largest absolute Gasteiger partial charge is 0.467 e. The molecule has 10 heteroatoms. The number of sulfone groups is 1. The van der Waals surface area contributed by atoms with Crippen LogP contribution in [-0.4, -0.2) is 65.7 Å². The molecule has 1 aliphatic rings. The van der Waals surface area contributed by atoms with Crippen LogP contribution in [0.4, 0.5) is 4.79 Å². The molecule has 1 saturated heterocycles. The van der Waals surface area contributed by atoms with Crippen molar-refractivity contribution in [2.45, 2.75) is 49.0 Å². The van der Waals surface area contributed by atoms with Crippen molar-refractivity contribution in [3.05, 3.63) is 42.7 Å². The molecule has 9 nitrogen and oxygen atoms in total. The summed E-state index contributed by atoms with van der Waals surface area (Å²) in [6.45, 7) is 4.94. The minimum Gasteiger partial charge on any atom is -0.467 e. The first-order valence-electron chi connectivity index (χ1n) is 9.44. The smallest absolute Gasteiger partial charge is 0.411 e. The molecular weight excluding hydrogens is 410 g/mol. The van der Waals surface area contributed by atoms with Crippen LogP contribution in [0, 0.1) is 0 Å². The zero-order valence-electron chi connectivity index (χ0n) is 17.3. The van der Waals surface area contributed by atoms with E-state index in [1.165, 1.54) is 19.2 Å². The van der Waals surface area contributed by atoms with Gasteiger partial charge in [-0.1, -0.05) is 0 Å². The number of esters is 1. The van der Waals surface area contributed by atoms with Crippen LogP contribution in [0.5, 0.6) is 0 Å². The highest BCUT2D eigenvalue weighted by Gasteiger charge is 2.47. The topological polar surface area (TPSA) is 108 Å². The van der Waals surface area contributed by atoms with Crippen molar-refractivity contribution in [3.63, 3.8) is 0 Å². The number of ether oxygens (including phenoxy) is 2. The van der Waals surface area contributed by atoms with Crippen LogP contribution in [0.1, 0.15) is 27.2 Å². The van der Waals surface area contributed by atoms with E-state index in [0.29, 0.717) is 5.69 Å². The van der Waals surface area contributed by atoms with E-state index in [9.17, 15) is 18.0 Å². The summed E-state index contributed by atoms with van der Waals surface area (Å²) in [5.41, 5.74) is -0.0648. The summed E-state index contributed by atoms with van der Waals surface area (Å²) < 4.78 is 38.1. The van der Waals surface area contributed by atoms with Gasteiger partial charge in [0.05, 0.1) is 22.9 Å². The van der Waals surface area contributed by atoms with Gasteiger partial charge in [0.15, 0.2) is 9.84 Å². The summed E-state index contributed by atoms with van der Waals surface area (Å²) in [4.78, 5) is 26.0. The summed E-state index contributed by atoms with van der Waals surface area (Å²) in [7, 11) is -2.60. The number of benzene rings is 1. The Labute approximate surface area is 175 Å². The van der Waals surface area contributed by atoms with Crippen molar-refractivity contribution >= 4 is 21.9 Å². The first-order valence-corrected chi connectivity index (χ1v) is 11.0. The lowest BCUT2D eigenvalue weighted by molar-refractivity contribution is -0.145. The van der Waals surface area contributed by atoms with E-state index < -0.39 is 38.8 Å². The molecule has 0 spiro atoms. The second kappa shape index (κ2) is 8.10. The molecule has 1 aromatic carbocycles. The number of aromatic nitrogens is 2. The summed E-state index contributed by atoms with van der Waals surface area (Å²) in [5, 5.41) is 3.16. The molecule has 1 aromatic heterocycles. The van der Waals surface area contributed by atoms with Crippen molar-refractivity contribution < 1.29 is 27.5 Å². The van der Waals surface area contributed by atoms with E-state index in [1.54, 1.807) is 56.0 Å². The highest BCUT2D eigenvalue weighted by Crippen LogP contribution is 2.30. The second-order valence-corrected chi connectivity index (χ2v) is 10.2. The molecule has 2 heterocycles. The van der Waals surface area contributed by atoms with Crippen molar-refractivity contribution in [3.8, 4) is 5.69 Å². The Morgan fingerprint density at radius 3 is 2.37 bits per heavy atom. The minimum absolute atomic E-state index is 0.0604. The standard InChI is InChI=1S/C20H25N3O6S/c1-20(2,3)29-19(25)22-13-16(12-17(22)18(24)28-4)30(26,27)15-8-6-14(7-9-15)23-11-5-10-21-23/h5-11,16-17H,12-13H2,1-4H3/t16-,17+/m1/s1. The molecule has 0 bridgehead atoms. The van der Waals surface area contributed by atoms with Crippen molar-refractivity contribution in [1.29, 1.82) is 0 Å². The zero-order chi connectivity index (χ0) is 22.1. The molecule has 162 valence electrons. The fourth-order valence-corrected chi connectivity index (χ4v) is 5.00. The van der Waals surface area contributed by atoms with E-state index in [1.807, 2.05) is 0 Å². The molecule has 1 amide bonds. The average molecular weight is 436 g/mol. The van der Waals surface area contributed by atoms with Crippen LogP contribution in [0.3, 0.4) is 0 Å². The van der Waals surface area contributed by atoms with Crippen LogP contribution in [-0.2, 0) is 24.1 Å². The molecule has 0 aliphatic carbocycles. The number of hydrogen-bond donors (Lipinski definition) is 0. The second-order valence-electron chi connectivity index (χ2n) is 8.02. The van der Waals surface area contributed by atoms with Gasteiger partial charge in [-0.05, 0) is 57.5 Å². The number of carbonyl (C=O) groups is 2. The van der Waals surface area contributed by atoms with Gasteiger partial charge in [0, 0.05) is 18.9 Å². The highest BCUT2D eigenvalue weighted by molar-refractivity contribution is 7.92. The predicted octanol–water partition coefficient (Wildman–Crippen LogP) is 2.20. The lowest BCUT2D eigenvalue weighted by Gasteiger charge is -2.27. The van der Waals surface area contributed by atoms with E-state index in [-0.39, 0.29) is 17.9 Å². The van der Waals surface area contributed by atoms with Crippen LogP contribution < -0.4 is 0 Å². The third kappa shape index (κ3) is 4.48. The third-order valence-electron chi connectivity index (χ3n) is 4.74. The molecule has 1 aliphatic heterocycles. The predicted molar refractivity (Wildman–Crippen MR) is 108 cm³/mol. The van der Waals surface area contributed by atoms with Crippen LogP contribution in [0.25, 0.3) is 5.69 Å². The first-order chi connectivity index (χ1) is 14.0. The van der Waals surface area contributed by atoms with Crippen LogP contribution >= 0.6 is 0 Å². The quantitative estimate of drug-likeness (QED) is 0.678. The monoisotopic (exact) mass is 435 g/mol. The fraction of sp³-hybridized carbons (Fsp3) is 0.450. The van der Waals surface area contributed by atoms with Gasteiger partial charge < -0.3 is 9.47 Å². The molecular formula is C20H25N3O6S. The van der Waals surface area contributed by atoms with Crippen LogP contribution in [0.2, 0.25) is 0 Å². The zero-order valence-corrected chi connectivity index (χ0v) is 18.1. The van der Waals surface area contributed by atoms with E-state index in [0.717, 1.165) is 4.90 Å². The average Bonchev–Trinajstić information content (AvgIpc) is 3.36. The molecule has 0 N–H and O–H groups in total. The Balaban J connectivity index is 1.85. The summed E-state index contributed by atoms with van der Waals surface area (Å²) >= 11 is 0. The van der Waals surface area contributed by atoms with Gasteiger partial charge in [-0.25, -0.2) is 22.7 Å². The number of carbonyl (C=O) groups excluding carboxylic acids is 2. The van der Waals surface area contributed by atoms with Gasteiger partial charge in [-0.2, -0.15) is 5.10 Å². The Bertz CT molecular complexity index is 1010. The minimum atomic E-state index is -3.80. The normalized spacial score (nSPS) is 19.5. The maximum Gasteiger partial charge on any atom is 0.411 e. The van der Waals surface area contributed by atoms with E-state index in [4.69, 9.17) is 9.47 Å². The molecule has 2 aromatic rings. The van der Waals surface area contributed by atoms with Crippen LogP contribution in [0.15, 0.2) is 47.6 Å².